The van der Waals surface area contributed by atoms with Crippen LogP contribution in [0, 0.1) is 5.92 Å². The molecule has 0 saturated heterocycles. The summed E-state index contributed by atoms with van der Waals surface area (Å²) in [4.78, 5) is 0. The molecule has 0 aliphatic carbocycles. The molecule has 0 spiro atoms. The highest BCUT2D eigenvalue weighted by atomic mass is 14.0. The first-order valence-corrected chi connectivity index (χ1v) is 5.47. The molecule has 1 atom stereocenters. The van der Waals surface area contributed by atoms with Gasteiger partial charge in [-0.05, 0) is 46.0 Å². The Kier molecular flexibility index (Phi) is 7.18. The van der Waals surface area contributed by atoms with E-state index in [1.807, 2.05) is 6.92 Å². The maximum absolute atomic E-state index is 3.84. The predicted octanol–water partition coefficient (Wildman–Crippen LogP) is 4.89. The summed E-state index contributed by atoms with van der Waals surface area (Å²) in [6.07, 6.45) is 10.3. The molecule has 14 heavy (non-hydrogen) atoms. The molecule has 0 aromatic rings. The number of hydrogen-bond acceptors (Lipinski definition) is 0. The summed E-state index contributed by atoms with van der Waals surface area (Å²) < 4.78 is 0. The van der Waals surface area contributed by atoms with E-state index in [0.29, 0.717) is 0 Å². The van der Waals surface area contributed by atoms with Crippen molar-refractivity contribution in [3.05, 3.63) is 36.0 Å². The second-order valence-electron chi connectivity index (χ2n) is 4.45. The van der Waals surface area contributed by atoms with Gasteiger partial charge in [0.15, 0.2) is 0 Å². The van der Waals surface area contributed by atoms with Crippen LogP contribution in [0.2, 0.25) is 0 Å². The van der Waals surface area contributed by atoms with Crippen molar-refractivity contribution >= 4 is 0 Å². The van der Waals surface area contributed by atoms with Crippen LogP contribution in [0.4, 0.5) is 0 Å². The van der Waals surface area contributed by atoms with Gasteiger partial charge in [-0.25, -0.2) is 0 Å². The van der Waals surface area contributed by atoms with Gasteiger partial charge in [-0.1, -0.05) is 42.9 Å². The van der Waals surface area contributed by atoms with Gasteiger partial charge in [0, 0.05) is 0 Å². The second-order valence-corrected chi connectivity index (χ2v) is 4.45. The Hall–Kier alpha value is -0.780. The topological polar surface area (TPSA) is 0 Å². The lowest BCUT2D eigenvalue weighted by atomic mass is 10.0. The minimum absolute atomic E-state index is 0.779. The third-order valence-corrected chi connectivity index (χ3v) is 2.15. The van der Waals surface area contributed by atoms with E-state index in [2.05, 4.69) is 45.6 Å². The lowest BCUT2D eigenvalue weighted by Crippen LogP contribution is -1.91. The van der Waals surface area contributed by atoms with Gasteiger partial charge in [0.1, 0.15) is 0 Å². The summed E-state index contributed by atoms with van der Waals surface area (Å²) in [5.74, 6) is 0.779. The van der Waals surface area contributed by atoms with E-state index < -0.39 is 0 Å². The molecule has 0 heterocycles. The zero-order valence-corrected chi connectivity index (χ0v) is 10.1. The van der Waals surface area contributed by atoms with Gasteiger partial charge in [-0.2, -0.15) is 0 Å². The Morgan fingerprint density at radius 3 is 2.43 bits per heavy atom. The quantitative estimate of drug-likeness (QED) is 0.415. The summed E-state index contributed by atoms with van der Waals surface area (Å²) >= 11 is 0. The van der Waals surface area contributed by atoms with Gasteiger partial charge in [0.05, 0.1) is 0 Å². The molecule has 1 unspecified atom stereocenters. The van der Waals surface area contributed by atoms with Crippen molar-refractivity contribution in [2.45, 2.75) is 47.0 Å². The third kappa shape index (κ3) is 9.31. The highest BCUT2D eigenvalue weighted by Crippen LogP contribution is 2.12. The minimum Gasteiger partial charge on any atom is -0.0961 e. The fraction of sp³-hybridized carbons (Fsp3) is 0.571. The smallest absolute Gasteiger partial charge is 0.0322 e. The van der Waals surface area contributed by atoms with Crippen molar-refractivity contribution in [2.24, 2.45) is 5.92 Å². The molecular weight excluding hydrogens is 168 g/mol. The molecule has 80 valence electrons. The normalized spacial score (nSPS) is 12.9. The van der Waals surface area contributed by atoms with E-state index in [-0.39, 0.29) is 0 Å². The third-order valence-electron chi connectivity index (χ3n) is 2.15. The molecule has 0 aliphatic heterocycles. The van der Waals surface area contributed by atoms with Gasteiger partial charge in [0.2, 0.25) is 0 Å². The van der Waals surface area contributed by atoms with Crippen molar-refractivity contribution < 1.29 is 0 Å². The molecule has 0 heteroatoms. The fourth-order valence-electron chi connectivity index (χ4n) is 1.28. The first kappa shape index (κ1) is 13.2. The molecule has 0 N–H and O–H groups in total. The summed E-state index contributed by atoms with van der Waals surface area (Å²) in [6.45, 7) is 12.5. The van der Waals surface area contributed by atoms with Crippen molar-refractivity contribution in [3.8, 4) is 0 Å². The summed E-state index contributed by atoms with van der Waals surface area (Å²) in [7, 11) is 0. The Morgan fingerprint density at radius 2 is 1.93 bits per heavy atom. The van der Waals surface area contributed by atoms with Crippen molar-refractivity contribution in [3.63, 3.8) is 0 Å². The lowest BCUT2D eigenvalue weighted by Gasteiger charge is -2.06. The van der Waals surface area contributed by atoms with Crippen LogP contribution >= 0.6 is 0 Å². The average Bonchev–Trinajstić information content (AvgIpc) is 2.02. The Morgan fingerprint density at radius 1 is 1.29 bits per heavy atom. The largest absolute Gasteiger partial charge is 0.0961 e. The molecule has 0 amide bonds. The van der Waals surface area contributed by atoms with E-state index in [0.717, 1.165) is 11.5 Å². The molecular formula is C14H24. The molecule has 0 saturated carbocycles. The van der Waals surface area contributed by atoms with Crippen LogP contribution in [0.15, 0.2) is 36.0 Å². The molecule has 0 aromatic carbocycles. The fourth-order valence-corrected chi connectivity index (χ4v) is 1.28. The Balaban J connectivity index is 3.61. The van der Waals surface area contributed by atoms with Crippen LogP contribution in [0.25, 0.3) is 0 Å². The highest BCUT2D eigenvalue weighted by molar-refractivity contribution is 5.10. The molecule has 0 nitrogen and oxygen atoms in total. The maximum Gasteiger partial charge on any atom is -0.0322 e. The number of hydrogen-bond donors (Lipinski definition) is 0. The van der Waals surface area contributed by atoms with Crippen LogP contribution in [0.1, 0.15) is 47.0 Å². The molecule has 0 rings (SSSR count). The van der Waals surface area contributed by atoms with Gasteiger partial charge in [0.25, 0.3) is 0 Å². The van der Waals surface area contributed by atoms with E-state index >= 15 is 0 Å². The minimum atomic E-state index is 0.779. The van der Waals surface area contributed by atoms with Crippen LogP contribution in [0.5, 0.6) is 0 Å². The van der Waals surface area contributed by atoms with E-state index in [9.17, 15) is 0 Å². The molecule has 0 radical (unpaired) electrons. The monoisotopic (exact) mass is 192 g/mol. The SMILES string of the molecule is C=C(C)/C=C/CC(C)CCC=C(C)C. The van der Waals surface area contributed by atoms with Gasteiger partial charge in [-0.3, -0.25) is 0 Å². The maximum atomic E-state index is 3.84. The molecule has 0 fully saturated rings. The number of rotatable bonds is 6. The van der Waals surface area contributed by atoms with Gasteiger partial charge < -0.3 is 0 Å². The number of allylic oxidation sites excluding steroid dienone is 5. The Bertz CT molecular complexity index is 214. The standard InChI is InChI=1S/C14H24/c1-12(2)8-6-10-14(5)11-7-9-13(3)4/h6,8-9,14H,1,7,10-11H2,2-5H3/b8-6+. The highest BCUT2D eigenvalue weighted by Gasteiger charge is 1.97. The van der Waals surface area contributed by atoms with Crippen molar-refractivity contribution in [1.82, 2.24) is 0 Å². The zero-order chi connectivity index (χ0) is 11.0. The van der Waals surface area contributed by atoms with Crippen LogP contribution in [-0.2, 0) is 0 Å². The van der Waals surface area contributed by atoms with Crippen molar-refractivity contribution in [2.75, 3.05) is 0 Å². The summed E-state index contributed by atoms with van der Waals surface area (Å²) in [5, 5.41) is 0. The first-order chi connectivity index (χ1) is 6.52. The average molecular weight is 192 g/mol. The van der Waals surface area contributed by atoms with Gasteiger partial charge in [-0.15, -0.1) is 0 Å². The van der Waals surface area contributed by atoms with E-state index in [4.69, 9.17) is 0 Å². The van der Waals surface area contributed by atoms with Crippen molar-refractivity contribution in [1.29, 1.82) is 0 Å². The molecule has 0 aliphatic rings. The van der Waals surface area contributed by atoms with Gasteiger partial charge >= 0.3 is 0 Å². The molecule has 0 bridgehead atoms. The Labute approximate surface area is 89.4 Å². The van der Waals surface area contributed by atoms with E-state index in [1.165, 1.54) is 24.8 Å². The van der Waals surface area contributed by atoms with Crippen LogP contribution < -0.4 is 0 Å². The van der Waals surface area contributed by atoms with E-state index in [1.54, 1.807) is 0 Å². The summed E-state index contributed by atoms with van der Waals surface area (Å²) in [6, 6.07) is 0. The predicted molar refractivity (Wildman–Crippen MR) is 66.4 cm³/mol. The first-order valence-electron chi connectivity index (χ1n) is 5.47. The summed E-state index contributed by atoms with van der Waals surface area (Å²) in [5.41, 5.74) is 2.57. The van der Waals surface area contributed by atoms with Crippen LogP contribution in [0.3, 0.4) is 0 Å². The second kappa shape index (κ2) is 7.61. The lowest BCUT2D eigenvalue weighted by molar-refractivity contribution is 0.545. The zero-order valence-electron chi connectivity index (χ0n) is 10.1. The van der Waals surface area contributed by atoms with Crippen LogP contribution in [-0.4, -0.2) is 0 Å². The molecule has 0 aromatic heterocycles.